The predicted molar refractivity (Wildman–Crippen MR) is 95.6 cm³/mol. The normalized spacial score (nSPS) is 12.7. The lowest BCUT2D eigenvalue weighted by molar-refractivity contribution is -0.356. The number of esters is 2. The summed E-state index contributed by atoms with van der Waals surface area (Å²) in [5.41, 5.74) is 0. The van der Waals surface area contributed by atoms with Crippen LogP contribution in [-0.2, 0) is 19.1 Å². The van der Waals surface area contributed by atoms with Gasteiger partial charge in [0.25, 0.3) is 0 Å². The quantitative estimate of drug-likeness (QED) is 0.262. The van der Waals surface area contributed by atoms with Crippen molar-refractivity contribution in [2.24, 2.45) is 0 Å². The molecule has 25 heavy (non-hydrogen) atoms. The van der Waals surface area contributed by atoms with Gasteiger partial charge in [-0.3, -0.25) is 9.59 Å². The van der Waals surface area contributed by atoms with E-state index in [1.165, 1.54) is 6.92 Å². The second kappa shape index (κ2) is 14.1. The summed E-state index contributed by atoms with van der Waals surface area (Å²) in [6.07, 6.45) is 8.78. The Morgan fingerprint density at radius 2 is 1.24 bits per heavy atom. The van der Waals surface area contributed by atoms with Crippen LogP contribution in [-0.4, -0.2) is 34.2 Å². The smallest absolute Gasteiger partial charge is 0.363 e. The van der Waals surface area contributed by atoms with E-state index >= 15 is 0 Å². The Balaban J connectivity index is 4.02. The fourth-order valence-corrected chi connectivity index (χ4v) is 2.38. The number of hydrogen-bond donors (Lipinski definition) is 2. The fraction of sp³-hybridized carbons (Fsp3) is 0.895. The van der Waals surface area contributed by atoms with E-state index in [1.807, 2.05) is 0 Å². The van der Waals surface area contributed by atoms with Crippen LogP contribution in [0.1, 0.15) is 97.8 Å². The first-order valence-electron chi connectivity index (χ1n) is 9.69. The summed E-state index contributed by atoms with van der Waals surface area (Å²) in [5.74, 6) is -4.02. The molecule has 0 aliphatic rings. The standard InChI is InChI=1S/C19H36O6/c1-4-6-8-10-12-14-17(20)24-16(3)19(22,23)25-18(21)15-13-11-9-7-5-2/h16,22-23H,4-15H2,1-3H3. The van der Waals surface area contributed by atoms with Crippen molar-refractivity contribution < 1.29 is 29.3 Å². The summed E-state index contributed by atoms with van der Waals surface area (Å²) in [5, 5.41) is 19.6. The van der Waals surface area contributed by atoms with Gasteiger partial charge in [-0.05, 0) is 19.8 Å². The number of hydrogen-bond acceptors (Lipinski definition) is 6. The average molecular weight is 360 g/mol. The first kappa shape index (κ1) is 23.9. The Morgan fingerprint density at radius 3 is 1.72 bits per heavy atom. The maximum Gasteiger partial charge on any atom is 0.363 e. The highest BCUT2D eigenvalue weighted by Crippen LogP contribution is 2.16. The third kappa shape index (κ3) is 12.8. The zero-order chi connectivity index (χ0) is 19.1. The minimum atomic E-state index is -2.79. The van der Waals surface area contributed by atoms with E-state index in [0.29, 0.717) is 12.8 Å². The molecule has 0 spiro atoms. The van der Waals surface area contributed by atoms with E-state index in [2.05, 4.69) is 18.6 Å². The zero-order valence-corrected chi connectivity index (χ0v) is 16.1. The van der Waals surface area contributed by atoms with Gasteiger partial charge < -0.3 is 19.7 Å². The Bertz CT molecular complexity index is 367. The van der Waals surface area contributed by atoms with E-state index in [-0.39, 0.29) is 12.8 Å². The van der Waals surface area contributed by atoms with E-state index in [0.717, 1.165) is 51.4 Å². The minimum Gasteiger partial charge on any atom is -0.453 e. The van der Waals surface area contributed by atoms with Crippen LogP contribution in [0.15, 0.2) is 0 Å². The summed E-state index contributed by atoms with van der Waals surface area (Å²) in [6, 6.07) is 0. The van der Waals surface area contributed by atoms with Gasteiger partial charge in [0.05, 0.1) is 0 Å². The maximum absolute atomic E-state index is 11.7. The second-order valence-electron chi connectivity index (χ2n) is 6.59. The Hall–Kier alpha value is -1.14. The summed E-state index contributed by atoms with van der Waals surface area (Å²) >= 11 is 0. The van der Waals surface area contributed by atoms with Gasteiger partial charge in [-0.25, -0.2) is 0 Å². The minimum absolute atomic E-state index is 0.116. The summed E-state index contributed by atoms with van der Waals surface area (Å²) in [4.78, 5) is 23.4. The van der Waals surface area contributed by atoms with Crippen LogP contribution in [0.5, 0.6) is 0 Å². The van der Waals surface area contributed by atoms with Crippen molar-refractivity contribution in [1.29, 1.82) is 0 Å². The second-order valence-corrected chi connectivity index (χ2v) is 6.59. The van der Waals surface area contributed by atoms with Crippen molar-refractivity contribution in [3.05, 3.63) is 0 Å². The molecule has 0 saturated carbocycles. The van der Waals surface area contributed by atoms with Crippen molar-refractivity contribution >= 4 is 11.9 Å². The average Bonchev–Trinajstić information content (AvgIpc) is 2.54. The van der Waals surface area contributed by atoms with Gasteiger partial charge in [0.1, 0.15) is 0 Å². The summed E-state index contributed by atoms with van der Waals surface area (Å²) in [7, 11) is 0. The molecule has 0 saturated heterocycles. The zero-order valence-electron chi connectivity index (χ0n) is 16.1. The number of rotatable bonds is 15. The van der Waals surface area contributed by atoms with Crippen LogP contribution in [0, 0.1) is 0 Å². The summed E-state index contributed by atoms with van der Waals surface area (Å²) in [6.45, 7) is 5.52. The molecule has 0 amide bonds. The van der Waals surface area contributed by atoms with E-state index in [4.69, 9.17) is 4.74 Å². The van der Waals surface area contributed by atoms with Crippen molar-refractivity contribution in [2.45, 2.75) is 110 Å². The predicted octanol–water partition coefficient (Wildman–Crippen LogP) is 3.82. The van der Waals surface area contributed by atoms with Crippen LogP contribution >= 0.6 is 0 Å². The largest absolute Gasteiger partial charge is 0.453 e. The van der Waals surface area contributed by atoms with Gasteiger partial charge in [0, 0.05) is 12.8 Å². The highest BCUT2D eigenvalue weighted by Gasteiger charge is 2.38. The van der Waals surface area contributed by atoms with Crippen molar-refractivity contribution in [2.75, 3.05) is 0 Å². The Morgan fingerprint density at radius 1 is 0.800 bits per heavy atom. The molecule has 0 radical (unpaired) electrons. The van der Waals surface area contributed by atoms with Crippen molar-refractivity contribution in [1.82, 2.24) is 0 Å². The molecule has 0 bridgehead atoms. The first-order valence-corrected chi connectivity index (χ1v) is 9.69. The number of carbonyl (C=O) groups excluding carboxylic acids is 2. The molecule has 0 aromatic carbocycles. The molecular formula is C19H36O6. The molecule has 0 fully saturated rings. The van der Waals surface area contributed by atoms with Crippen LogP contribution in [0.25, 0.3) is 0 Å². The molecular weight excluding hydrogens is 324 g/mol. The first-order chi connectivity index (χ1) is 11.8. The molecule has 1 unspecified atom stereocenters. The van der Waals surface area contributed by atoms with Gasteiger partial charge in [0.15, 0.2) is 6.10 Å². The summed E-state index contributed by atoms with van der Waals surface area (Å²) < 4.78 is 9.62. The Kier molecular flexibility index (Phi) is 13.4. The van der Waals surface area contributed by atoms with E-state index in [1.54, 1.807) is 0 Å². The molecule has 6 heteroatoms. The fourth-order valence-electron chi connectivity index (χ4n) is 2.38. The van der Waals surface area contributed by atoms with Crippen molar-refractivity contribution in [3.8, 4) is 0 Å². The maximum atomic E-state index is 11.7. The van der Waals surface area contributed by atoms with Crippen LogP contribution in [0.2, 0.25) is 0 Å². The topological polar surface area (TPSA) is 93.1 Å². The molecule has 0 aromatic rings. The van der Waals surface area contributed by atoms with Gasteiger partial charge in [-0.2, -0.15) is 0 Å². The third-order valence-electron chi connectivity index (χ3n) is 4.07. The molecule has 0 aliphatic carbocycles. The van der Waals surface area contributed by atoms with E-state index < -0.39 is 24.0 Å². The van der Waals surface area contributed by atoms with Gasteiger partial charge in [-0.1, -0.05) is 65.2 Å². The van der Waals surface area contributed by atoms with Crippen LogP contribution in [0.4, 0.5) is 0 Å². The third-order valence-corrected chi connectivity index (χ3v) is 4.07. The molecule has 1 atom stereocenters. The highest BCUT2D eigenvalue weighted by atomic mass is 16.8. The lowest BCUT2D eigenvalue weighted by Crippen LogP contribution is -2.47. The van der Waals surface area contributed by atoms with Gasteiger partial charge >= 0.3 is 17.9 Å². The highest BCUT2D eigenvalue weighted by molar-refractivity contribution is 5.70. The SMILES string of the molecule is CCCCCCCC(=O)OC(C)C(O)(O)OC(=O)CCCCCCC. The lowest BCUT2D eigenvalue weighted by Gasteiger charge is -2.27. The lowest BCUT2D eigenvalue weighted by atomic mass is 10.1. The molecule has 0 aliphatic heterocycles. The van der Waals surface area contributed by atoms with Crippen LogP contribution < -0.4 is 0 Å². The monoisotopic (exact) mass is 360 g/mol. The molecule has 2 N–H and O–H groups in total. The molecule has 0 rings (SSSR count). The van der Waals surface area contributed by atoms with Gasteiger partial charge in [0.2, 0.25) is 0 Å². The number of unbranched alkanes of at least 4 members (excludes halogenated alkanes) is 8. The van der Waals surface area contributed by atoms with E-state index in [9.17, 15) is 19.8 Å². The Labute approximate surface area is 151 Å². The number of ether oxygens (including phenoxy) is 2. The molecule has 148 valence electrons. The molecule has 6 nitrogen and oxygen atoms in total. The van der Waals surface area contributed by atoms with Gasteiger partial charge in [-0.15, -0.1) is 0 Å². The molecule has 0 heterocycles. The molecule has 0 aromatic heterocycles. The van der Waals surface area contributed by atoms with Crippen molar-refractivity contribution in [3.63, 3.8) is 0 Å². The number of aliphatic hydroxyl groups is 2. The number of carbonyl (C=O) groups is 2. The van der Waals surface area contributed by atoms with Crippen LogP contribution in [0.3, 0.4) is 0 Å².